The fraction of sp³-hybridized carbons (Fsp3) is 0.600. The quantitative estimate of drug-likeness (QED) is 0.720. The normalized spacial score (nSPS) is 13.5. The molecule has 13 heavy (non-hydrogen) atoms. The maximum atomic E-state index is 9.07. The molecule has 0 saturated heterocycles. The molecule has 0 amide bonds. The van der Waals surface area contributed by atoms with E-state index in [0.717, 1.165) is 12.2 Å². The molecule has 1 rings (SSSR count). The highest BCUT2D eigenvalue weighted by Gasteiger charge is 2.10. The molecular weight excluding hydrogens is 166 g/mol. The molecule has 3 heteroatoms. The summed E-state index contributed by atoms with van der Waals surface area (Å²) in [6.45, 7) is 4.26. The molecule has 0 radical (unpaired) electrons. The van der Waals surface area contributed by atoms with Crippen LogP contribution in [0.2, 0.25) is 0 Å². The summed E-state index contributed by atoms with van der Waals surface area (Å²) >= 11 is 0. The fourth-order valence-corrected chi connectivity index (χ4v) is 1.32. The molecule has 2 N–H and O–H groups in total. The third-order valence-electron chi connectivity index (χ3n) is 1.82. The summed E-state index contributed by atoms with van der Waals surface area (Å²) < 4.78 is 5.20. The second-order valence-electron chi connectivity index (χ2n) is 3.48. The summed E-state index contributed by atoms with van der Waals surface area (Å²) in [5, 5.41) is 12.3. The summed E-state index contributed by atoms with van der Waals surface area (Å²) in [6.07, 6.45) is 2.39. The van der Waals surface area contributed by atoms with Gasteiger partial charge in [0.05, 0.1) is 12.9 Å². The van der Waals surface area contributed by atoms with Gasteiger partial charge >= 0.3 is 0 Å². The van der Waals surface area contributed by atoms with Gasteiger partial charge in [-0.2, -0.15) is 0 Å². The Labute approximate surface area is 78.8 Å². The molecule has 0 aromatic carbocycles. The predicted octanol–water partition coefficient (Wildman–Crippen LogP) is 1.18. The first-order valence-electron chi connectivity index (χ1n) is 4.61. The molecule has 1 aromatic heterocycles. The molecule has 0 fully saturated rings. The molecule has 1 aromatic rings. The zero-order valence-electron chi connectivity index (χ0n) is 8.16. The summed E-state index contributed by atoms with van der Waals surface area (Å²) in [5.74, 6) is 0.909. The largest absolute Gasteiger partial charge is 0.469 e. The Hall–Kier alpha value is -0.800. The van der Waals surface area contributed by atoms with E-state index in [1.165, 1.54) is 0 Å². The van der Waals surface area contributed by atoms with Crippen molar-refractivity contribution in [2.24, 2.45) is 0 Å². The van der Waals surface area contributed by atoms with Crippen molar-refractivity contribution in [1.29, 1.82) is 0 Å². The Kier molecular flexibility index (Phi) is 3.99. The van der Waals surface area contributed by atoms with Gasteiger partial charge in [-0.3, -0.25) is 0 Å². The van der Waals surface area contributed by atoms with Gasteiger partial charge < -0.3 is 14.8 Å². The van der Waals surface area contributed by atoms with Gasteiger partial charge in [-0.15, -0.1) is 0 Å². The number of aliphatic hydroxyl groups is 1. The van der Waals surface area contributed by atoms with Crippen LogP contribution >= 0.6 is 0 Å². The smallest absolute Gasteiger partial charge is 0.105 e. The molecule has 0 aliphatic carbocycles. The van der Waals surface area contributed by atoms with E-state index >= 15 is 0 Å². The minimum Gasteiger partial charge on any atom is -0.469 e. The van der Waals surface area contributed by atoms with Gasteiger partial charge in [0.1, 0.15) is 5.76 Å². The van der Waals surface area contributed by atoms with Crippen molar-refractivity contribution in [2.75, 3.05) is 6.61 Å². The highest BCUT2D eigenvalue weighted by Crippen LogP contribution is 2.04. The maximum Gasteiger partial charge on any atom is 0.105 e. The third-order valence-corrected chi connectivity index (χ3v) is 1.82. The lowest BCUT2D eigenvalue weighted by Gasteiger charge is -2.17. The minimum absolute atomic E-state index is 0.0890. The topological polar surface area (TPSA) is 45.4 Å². The van der Waals surface area contributed by atoms with Crippen molar-refractivity contribution in [3.8, 4) is 0 Å². The Bertz CT molecular complexity index is 219. The lowest BCUT2D eigenvalue weighted by Crippen LogP contribution is -2.38. The molecule has 1 unspecified atom stereocenters. The van der Waals surface area contributed by atoms with E-state index in [2.05, 4.69) is 19.2 Å². The number of aliphatic hydroxyl groups excluding tert-OH is 1. The molecule has 1 atom stereocenters. The maximum absolute atomic E-state index is 9.07. The average Bonchev–Trinajstić information content (AvgIpc) is 2.55. The van der Waals surface area contributed by atoms with Crippen LogP contribution in [-0.4, -0.2) is 23.8 Å². The van der Waals surface area contributed by atoms with Crippen molar-refractivity contribution in [1.82, 2.24) is 5.32 Å². The Balaban J connectivity index is 2.40. The predicted molar refractivity (Wildman–Crippen MR) is 51.6 cm³/mol. The van der Waals surface area contributed by atoms with E-state index in [1.54, 1.807) is 6.26 Å². The summed E-state index contributed by atoms with van der Waals surface area (Å²) in [6, 6.07) is 4.25. The van der Waals surface area contributed by atoms with E-state index in [0.29, 0.717) is 6.04 Å². The van der Waals surface area contributed by atoms with Crippen LogP contribution in [0.15, 0.2) is 22.8 Å². The van der Waals surface area contributed by atoms with Gasteiger partial charge in [0.15, 0.2) is 0 Å². The molecule has 0 bridgehead atoms. The van der Waals surface area contributed by atoms with Crippen LogP contribution in [0, 0.1) is 0 Å². The van der Waals surface area contributed by atoms with E-state index in [-0.39, 0.29) is 12.6 Å². The SMILES string of the molecule is CC(C)NC(CO)Cc1ccco1. The van der Waals surface area contributed by atoms with Crippen LogP contribution in [0.3, 0.4) is 0 Å². The second kappa shape index (κ2) is 5.04. The van der Waals surface area contributed by atoms with Crippen LogP contribution in [0.4, 0.5) is 0 Å². The van der Waals surface area contributed by atoms with Crippen LogP contribution in [0.25, 0.3) is 0 Å². The Morgan fingerprint density at radius 3 is 2.77 bits per heavy atom. The third kappa shape index (κ3) is 3.61. The first kappa shape index (κ1) is 10.3. The van der Waals surface area contributed by atoms with Crippen molar-refractivity contribution in [2.45, 2.75) is 32.4 Å². The van der Waals surface area contributed by atoms with E-state index in [9.17, 15) is 0 Å². The van der Waals surface area contributed by atoms with Gasteiger partial charge in [0.2, 0.25) is 0 Å². The lowest BCUT2D eigenvalue weighted by molar-refractivity contribution is 0.229. The zero-order chi connectivity index (χ0) is 9.68. The van der Waals surface area contributed by atoms with Crippen LogP contribution in [0.1, 0.15) is 19.6 Å². The molecule has 0 aliphatic rings. The van der Waals surface area contributed by atoms with Crippen LogP contribution in [-0.2, 0) is 6.42 Å². The lowest BCUT2D eigenvalue weighted by atomic mass is 10.1. The van der Waals surface area contributed by atoms with E-state index in [1.807, 2.05) is 12.1 Å². The van der Waals surface area contributed by atoms with Gasteiger partial charge in [0.25, 0.3) is 0 Å². The molecule has 1 heterocycles. The highest BCUT2D eigenvalue weighted by atomic mass is 16.3. The van der Waals surface area contributed by atoms with Gasteiger partial charge in [-0.1, -0.05) is 13.8 Å². The number of furan rings is 1. The van der Waals surface area contributed by atoms with Crippen molar-refractivity contribution >= 4 is 0 Å². The van der Waals surface area contributed by atoms with Crippen molar-refractivity contribution < 1.29 is 9.52 Å². The van der Waals surface area contributed by atoms with Crippen molar-refractivity contribution in [3.05, 3.63) is 24.2 Å². The van der Waals surface area contributed by atoms with E-state index < -0.39 is 0 Å². The van der Waals surface area contributed by atoms with Gasteiger partial charge in [0, 0.05) is 18.5 Å². The Morgan fingerprint density at radius 2 is 2.31 bits per heavy atom. The molecule has 0 spiro atoms. The summed E-state index contributed by atoms with van der Waals surface area (Å²) in [4.78, 5) is 0. The number of hydrogen-bond acceptors (Lipinski definition) is 3. The molecule has 0 aliphatic heterocycles. The van der Waals surface area contributed by atoms with Gasteiger partial charge in [-0.05, 0) is 12.1 Å². The first-order chi connectivity index (χ1) is 6.22. The number of nitrogens with one attached hydrogen (secondary N) is 1. The van der Waals surface area contributed by atoms with Crippen LogP contribution < -0.4 is 5.32 Å². The molecule has 74 valence electrons. The standard InChI is InChI=1S/C10H17NO2/c1-8(2)11-9(7-12)6-10-4-3-5-13-10/h3-5,8-9,11-12H,6-7H2,1-2H3. The van der Waals surface area contributed by atoms with Crippen molar-refractivity contribution in [3.63, 3.8) is 0 Å². The fourth-order valence-electron chi connectivity index (χ4n) is 1.32. The monoisotopic (exact) mass is 183 g/mol. The second-order valence-corrected chi connectivity index (χ2v) is 3.48. The summed E-state index contributed by atoms with van der Waals surface area (Å²) in [5.41, 5.74) is 0. The van der Waals surface area contributed by atoms with Gasteiger partial charge in [-0.25, -0.2) is 0 Å². The van der Waals surface area contributed by atoms with E-state index in [4.69, 9.17) is 9.52 Å². The molecule has 0 saturated carbocycles. The van der Waals surface area contributed by atoms with Crippen LogP contribution in [0.5, 0.6) is 0 Å². The minimum atomic E-state index is 0.0890. The number of hydrogen-bond donors (Lipinski definition) is 2. The Morgan fingerprint density at radius 1 is 1.54 bits per heavy atom. The average molecular weight is 183 g/mol. The number of rotatable bonds is 5. The molecule has 3 nitrogen and oxygen atoms in total. The summed E-state index contributed by atoms with van der Waals surface area (Å²) in [7, 11) is 0. The molecular formula is C10H17NO2. The first-order valence-corrected chi connectivity index (χ1v) is 4.61. The highest BCUT2D eigenvalue weighted by molar-refractivity contribution is 5.00. The zero-order valence-corrected chi connectivity index (χ0v) is 8.16.